The number of hydrogen-bond acceptors (Lipinski definition) is 11. The highest BCUT2D eigenvalue weighted by molar-refractivity contribution is 7.45. The molecule has 352 valence electrons. The third-order valence-corrected chi connectivity index (χ3v) is 11.5. The summed E-state index contributed by atoms with van der Waals surface area (Å²) < 4.78 is 33.8. The van der Waals surface area contributed by atoms with E-state index in [0.717, 1.165) is 38.5 Å². The zero-order chi connectivity index (χ0) is 45.2. The summed E-state index contributed by atoms with van der Waals surface area (Å²) in [7, 11) is 0.983. The molecule has 0 aromatic rings. The van der Waals surface area contributed by atoms with E-state index in [9.17, 15) is 34.4 Å². The molecule has 3 N–H and O–H groups in total. The number of unbranched alkanes of at least 4 members (excludes halogenated alkanes) is 10. The lowest BCUT2D eigenvalue weighted by Gasteiger charge is -2.28. The molecule has 13 heteroatoms. The smallest absolute Gasteiger partial charge is 0.306 e. The van der Waals surface area contributed by atoms with Gasteiger partial charge in [0.15, 0.2) is 6.10 Å². The number of rotatable bonds is 37. The minimum atomic E-state index is -4.71. The molecule has 0 aliphatic heterocycles. The number of carbonyl (C=O) groups excluding carboxylic acids is 2. The van der Waals surface area contributed by atoms with Crippen molar-refractivity contribution in [1.82, 2.24) is 0 Å². The number of esters is 2. The van der Waals surface area contributed by atoms with Crippen molar-refractivity contribution >= 4 is 19.8 Å². The van der Waals surface area contributed by atoms with Crippen LogP contribution in [-0.4, -0.2) is 104 Å². The fraction of sp³-hybridized carbons (Fsp3) is 0.750. The molecule has 0 aromatic heterocycles. The van der Waals surface area contributed by atoms with E-state index in [4.69, 9.17) is 18.5 Å². The van der Waals surface area contributed by atoms with Gasteiger partial charge in [-0.1, -0.05) is 126 Å². The van der Waals surface area contributed by atoms with Crippen LogP contribution in [0, 0.1) is 11.8 Å². The maximum absolute atomic E-state index is 12.8. The summed E-state index contributed by atoms with van der Waals surface area (Å²) in [4.78, 5) is 37.8. The Kier molecular flexibility index (Phi) is 32.5. The van der Waals surface area contributed by atoms with E-state index in [-0.39, 0.29) is 44.3 Å². The van der Waals surface area contributed by atoms with Crippen molar-refractivity contribution in [3.05, 3.63) is 60.8 Å². The largest absolute Gasteiger partial charge is 0.756 e. The molecule has 0 radical (unpaired) electrons. The van der Waals surface area contributed by atoms with Crippen LogP contribution in [0.15, 0.2) is 60.8 Å². The first kappa shape index (κ1) is 56.6. The van der Waals surface area contributed by atoms with Crippen LogP contribution in [-0.2, 0) is 32.7 Å². The molecule has 1 aliphatic carbocycles. The van der Waals surface area contributed by atoms with Crippen molar-refractivity contribution in [1.29, 1.82) is 0 Å². The van der Waals surface area contributed by atoms with Gasteiger partial charge in [0, 0.05) is 25.2 Å². The number of aliphatic hydroxyl groups excluding tert-OH is 3. The standard InChI is InChI=1S/C48H84NO11P/c1-6-8-10-11-12-13-14-15-16-17-18-19-20-21-22-23-28-32-47(53)57-39-42(40-59-61(55,56)58-37-36-49(3,4)5)60-48(54)33-29-25-24-27-31-43-44(46(52)38-45(43)51)35-34-41(50)30-26-9-7-2/h15-16,18-19,21-22,24,27,34-35,41-46,50-52H,6-14,17,20,23,25-26,28-33,36-40H2,1-5H3/b16-15-,19-18-,22-21-,27-24+,35-34+/t41-,42+,43+,44+,45-,46+/m0/s1. The third-order valence-electron chi connectivity index (χ3n) is 10.6. The number of likely N-dealkylation sites (N-methyl/N-ethyl adjacent to an activating group) is 1. The van der Waals surface area contributed by atoms with Gasteiger partial charge < -0.3 is 43.2 Å². The highest BCUT2D eigenvalue weighted by Crippen LogP contribution is 2.38. The molecule has 0 heterocycles. The number of allylic oxidation sites excluding steroid dienone is 8. The number of quaternary nitrogens is 1. The average molecular weight is 882 g/mol. The summed E-state index contributed by atoms with van der Waals surface area (Å²) in [6.45, 7) is 3.76. The summed E-state index contributed by atoms with van der Waals surface area (Å²) in [5.74, 6) is -1.53. The molecule has 61 heavy (non-hydrogen) atoms. The Labute approximate surface area is 369 Å². The lowest BCUT2D eigenvalue weighted by Crippen LogP contribution is -2.37. The molecule has 1 fully saturated rings. The topological polar surface area (TPSA) is 172 Å². The van der Waals surface area contributed by atoms with Crippen molar-refractivity contribution in [2.24, 2.45) is 11.8 Å². The van der Waals surface area contributed by atoms with Crippen molar-refractivity contribution < 1.29 is 57.4 Å². The van der Waals surface area contributed by atoms with Gasteiger partial charge in [-0.15, -0.1) is 0 Å². The number of hydrogen-bond donors (Lipinski definition) is 3. The van der Waals surface area contributed by atoms with Gasteiger partial charge in [0.1, 0.15) is 19.8 Å². The summed E-state index contributed by atoms with van der Waals surface area (Å²) in [6.07, 6.45) is 35.0. The van der Waals surface area contributed by atoms with Gasteiger partial charge in [0.25, 0.3) is 7.82 Å². The zero-order valence-electron chi connectivity index (χ0n) is 38.4. The van der Waals surface area contributed by atoms with Gasteiger partial charge in [-0.05, 0) is 70.1 Å². The highest BCUT2D eigenvalue weighted by atomic mass is 31.2. The molecule has 12 nitrogen and oxygen atoms in total. The number of nitrogens with zero attached hydrogens (tertiary/aromatic N) is 1. The molecule has 0 spiro atoms. The molecule has 1 aliphatic rings. The number of ether oxygens (including phenoxy) is 2. The van der Waals surface area contributed by atoms with Gasteiger partial charge in [0.05, 0.1) is 46.1 Å². The Balaban J connectivity index is 2.53. The Morgan fingerprint density at radius 1 is 0.738 bits per heavy atom. The second-order valence-corrected chi connectivity index (χ2v) is 18.8. The first-order valence-corrected chi connectivity index (χ1v) is 24.7. The van der Waals surface area contributed by atoms with Crippen molar-refractivity contribution in [3.8, 4) is 0 Å². The monoisotopic (exact) mass is 882 g/mol. The van der Waals surface area contributed by atoms with Crippen molar-refractivity contribution in [2.45, 2.75) is 173 Å². The lowest BCUT2D eigenvalue weighted by atomic mass is 9.89. The van der Waals surface area contributed by atoms with Crippen LogP contribution in [0.25, 0.3) is 0 Å². The van der Waals surface area contributed by atoms with E-state index in [0.29, 0.717) is 49.6 Å². The fourth-order valence-electron chi connectivity index (χ4n) is 6.84. The van der Waals surface area contributed by atoms with Crippen molar-refractivity contribution in [2.75, 3.05) is 47.5 Å². The van der Waals surface area contributed by atoms with Gasteiger partial charge in [-0.2, -0.15) is 0 Å². The molecule has 0 bridgehead atoms. The Bertz CT molecular complexity index is 1340. The van der Waals surface area contributed by atoms with E-state index in [1.807, 2.05) is 45.4 Å². The van der Waals surface area contributed by atoms with Crippen LogP contribution in [0.1, 0.15) is 149 Å². The molecule has 1 saturated carbocycles. The number of carbonyl (C=O) groups is 2. The Morgan fingerprint density at radius 2 is 1.31 bits per heavy atom. The first-order valence-electron chi connectivity index (χ1n) is 23.3. The molecular formula is C48H84NO11P. The fourth-order valence-corrected chi connectivity index (χ4v) is 7.57. The molecule has 0 aromatic carbocycles. The molecule has 0 amide bonds. The van der Waals surface area contributed by atoms with E-state index in [1.54, 1.807) is 6.08 Å². The minimum absolute atomic E-state index is 0.0351. The minimum Gasteiger partial charge on any atom is -0.756 e. The maximum Gasteiger partial charge on any atom is 0.306 e. The predicted molar refractivity (Wildman–Crippen MR) is 242 cm³/mol. The quantitative estimate of drug-likeness (QED) is 0.0179. The third kappa shape index (κ3) is 32.0. The lowest BCUT2D eigenvalue weighted by molar-refractivity contribution is -0.870. The van der Waals surface area contributed by atoms with Gasteiger partial charge in [-0.3, -0.25) is 14.2 Å². The summed E-state index contributed by atoms with van der Waals surface area (Å²) >= 11 is 0. The molecule has 7 atom stereocenters. The van der Waals surface area contributed by atoms with Crippen LogP contribution in [0.2, 0.25) is 0 Å². The van der Waals surface area contributed by atoms with Gasteiger partial charge in [0.2, 0.25) is 0 Å². The molecule has 1 unspecified atom stereocenters. The summed E-state index contributed by atoms with van der Waals surface area (Å²) in [5.41, 5.74) is 0. The maximum atomic E-state index is 12.8. The highest BCUT2D eigenvalue weighted by Gasteiger charge is 2.39. The van der Waals surface area contributed by atoms with Crippen molar-refractivity contribution in [3.63, 3.8) is 0 Å². The van der Waals surface area contributed by atoms with E-state index in [2.05, 4.69) is 44.2 Å². The average Bonchev–Trinajstić information content (AvgIpc) is 3.47. The zero-order valence-corrected chi connectivity index (χ0v) is 39.3. The normalized spacial score (nSPS) is 20.7. The molecule has 0 saturated heterocycles. The van der Waals surface area contributed by atoms with Crippen LogP contribution in [0.3, 0.4) is 0 Å². The summed E-state index contributed by atoms with van der Waals surface area (Å²) in [6, 6.07) is 0. The van der Waals surface area contributed by atoms with Gasteiger partial charge >= 0.3 is 11.9 Å². The Morgan fingerprint density at radius 3 is 1.97 bits per heavy atom. The first-order chi connectivity index (χ1) is 29.2. The van der Waals surface area contributed by atoms with Crippen LogP contribution in [0.4, 0.5) is 0 Å². The Hall–Kier alpha value is -2.41. The SMILES string of the molecule is CCCCCCCC/C=C\C/C=C\C/C=C\CCCC(=O)OC[C@H](COP(=O)([O-])OCC[N+](C)(C)C)OC(=O)CCC/C=C/C[C@@H]1[C@@H](/C=C/[C@@H](O)CCCCC)[C@H](O)C[C@@H]1O. The van der Waals surface area contributed by atoms with Crippen LogP contribution in [0.5, 0.6) is 0 Å². The second kappa shape index (κ2) is 35.0. The second-order valence-electron chi connectivity index (χ2n) is 17.4. The summed E-state index contributed by atoms with van der Waals surface area (Å²) in [5, 5.41) is 31.4. The number of phosphoric acid groups is 1. The van der Waals surface area contributed by atoms with Crippen LogP contribution < -0.4 is 4.89 Å². The van der Waals surface area contributed by atoms with E-state index >= 15 is 0 Å². The molecule has 1 rings (SSSR count). The van der Waals surface area contributed by atoms with E-state index < -0.39 is 50.8 Å². The van der Waals surface area contributed by atoms with E-state index in [1.165, 1.54) is 38.5 Å². The van der Waals surface area contributed by atoms with Crippen LogP contribution >= 0.6 is 7.82 Å². The predicted octanol–water partition coefficient (Wildman–Crippen LogP) is 8.99. The number of aliphatic hydroxyl groups is 3. The number of phosphoric ester groups is 1. The van der Waals surface area contributed by atoms with Gasteiger partial charge in [-0.25, -0.2) is 0 Å². The molecular weight excluding hydrogens is 797 g/mol.